The van der Waals surface area contributed by atoms with E-state index in [1.807, 2.05) is 38.1 Å². The van der Waals surface area contributed by atoms with Gasteiger partial charge in [-0.3, -0.25) is 9.69 Å². The molecule has 1 saturated heterocycles. The number of carbonyl (C=O) groups is 1. The van der Waals surface area contributed by atoms with Crippen molar-refractivity contribution in [1.29, 1.82) is 0 Å². The Morgan fingerprint density at radius 2 is 1.89 bits per heavy atom. The number of fused-ring (bicyclic) bond motifs is 5. The quantitative estimate of drug-likeness (QED) is 0.539. The molecule has 2 fully saturated rings. The van der Waals surface area contributed by atoms with E-state index in [9.17, 15) is 13.2 Å². The number of aromatic nitrogens is 2. The van der Waals surface area contributed by atoms with Crippen LogP contribution in [-0.4, -0.2) is 81.8 Å². The van der Waals surface area contributed by atoms with Gasteiger partial charge >= 0.3 is 0 Å². The smallest absolute Gasteiger partial charge is 0.242 e. The van der Waals surface area contributed by atoms with Gasteiger partial charge in [-0.25, -0.2) is 18.4 Å². The van der Waals surface area contributed by atoms with Crippen LogP contribution in [0, 0.1) is 5.92 Å². The van der Waals surface area contributed by atoms with Crippen LogP contribution in [0.5, 0.6) is 0 Å². The van der Waals surface area contributed by atoms with Crippen molar-refractivity contribution in [3.63, 3.8) is 0 Å². The van der Waals surface area contributed by atoms with E-state index in [1.165, 1.54) is 0 Å². The van der Waals surface area contributed by atoms with Crippen molar-refractivity contribution < 1.29 is 13.2 Å². The molecule has 36 heavy (non-hydrogen) atoms. The van der Waals surface area contributed by atoms with E-state index >= 15 is 0 Å². The highest BCUT2D eigenvalue weighted by Crippen LogP contribution is 2.32. The summed E-state index contributed by atoms with van der Waals surface area (Å²) >= 11 is 3.64. The molecular formula is C25H35BrN6O3S. The molecule has 2 N–H and O–H groups in total. The van der Waals surface area contributed by atoms with E-state index in [-0.39, 0.29) is 22.7 Å². The summed E-state index contributed by atoms with van der Waals surface area (Å²) in [5.74, 6) is 1.25. The number of amides is 1. The number of sulfonamides is 1. The minimum Gasteiger partial charge on any atom is -0.358 e. The molecule has 1 amide bonds. The number of rotatable bonds is 3. The van der Waals surface area contributed by atoms with Crippen LogP contribution < -0.4 is 10.6 Å². The molecule has 3 aliphatic rings. The van der Waals surface area contributed by atoms with Gasteiger partial charge in [-0.2, -0.15) is 4.31 Å². The molecule has 2 aromatic rings. The second kappa shape index (κ2) is 10.5. The Labute approximate surface area is 221 Å². The molecule has 1 aromatic carbocycles. The minimum absolute atomic E-state index is 0.0103. The van der Waals surface area contributed by atoms with Crippen LogP contribution in [0.1, 0.15) is 45.4 Å². The number of carbonyl (C=O) groups excluding carboxylic acids is 1. The molecule has 2 aliphatic heterocycles. The van der Waals surface area contributed by atoms with Crippen molar-refractivity contribution in [1.82, 2.24) is 24.5 Å². The molecule has 196 valence electrons. The fourth-order valence-electron chi connectivity index (χ4n) is 5.57. The van der Waals surface area contributed by atoms with Crippen molar-refractivity contribution in [3.8, 4) is 0 Å². The zero-order valence-electron chi connectivity index (χ0n) is 20.9. The fourth-order valence-corrected chi connectivity index (χ4v) is 9.05. The largest absolute Gasteiger partial charge is 0.358 e. The van der Waals surface area contributed by atoms with Gasteiger partial charge in [0.25, 0.3) is 0 Å². The highest BCUT2D eigenvalue weighted by molar-refractivity contribution is 9.09. The summed E-state index contributed by atoms with van der Waals surface area (Å²) in [6.45, 7) is 6.20. The molecular weight excluding hydrogens is 544 g/mol. The van der Waals surface area contributed by atoms with Crippen molar-refractivity contribution in [2.45, 2.75) is 68.2 Å². The summed E-state index contributed by atoms with van der Waals surface area (Å²) in [5.41, 5.74) is 0.825. The first-order valence-electron chi connectivity index (χ1n) is 12.9. The lowest BCUT2D eigenvalue weighted by atomic mass is 10.0. The third-order valence-electron chi connectivity index (χ3n) is 7.68. The second-order valence-electron chi connectivity index (χ2n) is 10.5. The van der Waals surface area contributed by atoms with E-state index in [2.05, 4.69) is 31.5 Å². The Hall–Kier alpha value is -1.82. The number of hydrogen-bond acceptors (Lipinski definition) is 7. The monoisotopic (exact) mass is 578 g/mol. The summed E-state index contributed by atoms with van der Waals surface area (Å²) in [7, 11) is -3.45. The molecule has 11 heteroatoms. The molecule has 1 aliphatic carbocycles. The predicted octanol–water partition coefficient (Wildman–Crippen LogP) is 2.72. The van der Waals surface area contributed by atoms with Crippen LogP contribution in [0.25, 0.3) is 10.9 Å². The average molecular weight is 580 g/mol. The van der Waals surface area contributed by atoms with Crippen molar-refractivity contribution in [3.05, 3.63) is 30.1 Å². The van der Waals surface area contributed by atoms with E-state index in [4.69, 9.17) is 9.97 Å². The lowest BCUT2D eigenvalue weighted by Gasteiger charge is -2.42. The van der Waals surface area contributed by atoms with E-state index in [1.54, 1.807) is 4.31 Å². The van der Waals surface area contributed by atoms with Gasteiger partial charge in [-0.15, -0.1) is 0 Å². The predicted molar refractivity (Wildman–Crippen MR) is 144 cm³/mol. The van der Waals surface area contributed by atoms with Gasteiger partial charge in [0.15, 0.2) is 0 Å². The SMILES string of the molecule is CC(C)[C@@H]1Nc2nc(nc3ccccc23)CN2CCN(S(=O)(=O)C3CCCCC3Br)CC2CNC1=O. The van der Waals surface area contributed by atoms with Crippen LogP contribution >= 0.6 is 15.9 Å². The standard InChI is InChI=1S/C25H35BrN6O3S/c1-16(2)23-25(33)27-13-17-14-32(36(34,35)21-10-6-4-8-19(21)26)12-11-31(17)15-22-28-20-9-5-3-7-18(20)24(29-22)30-23/h3,5,7,9,16-17,19,21,23H,4,6,8,10-15H2,1-2H3,(H,27,33)(H,28,29,30)/t17?,19?,21?,23-/m0/s1. The first-order chi connectivity index (χ1) is 17.2. The maximum Gasteiger partial charge on any atom is 0.242 e. The van der Waals surface area contributed by atoms with E-state index in [0.29, 0.717) is 50.8 Å². The Morgan fingerprint density at radius 3 is 2.67 bits per heavy atom. The molecule has 3 unspecified atom stereocenters. The molecule has 2 bridgehead atoms. The van der Waals surface area contributed by atoms with Crippen molar-refractivity contribution in [2.75, 3.05) is 31.5 Å². The molecule has 1 aromatic heterocycles. The van der Waals surface area contributed by atoms with Gasteiger partial charge < -0.3 is 10.6 Å². The van der Waals surface area contributed by atoms with Crippen LogP contribution in [0.2, 0.25) is 0 Å². The van der Waals surface area contributed by atoms with Crippen LogP contribution in [0.4, 0.5) is 5.82 Å². The molecule has 0 spiro atoms. The van der Waals surface area contributed by atoms with Crippen molar-refractivity contribution >= 4 is 48.6 Å². The van der Waals surface area contributed by atoms with Crippen LogP contribution in [0.15, 0.2) is 24.3 Å². The van der Waals surface area contributed by atoms with E-state index < -0.39 is 21.3 Å². The average Bonchev–Trinajstić information content (AvgIpc) is 2.87. The maximum atomic E-state index is 13.6. The van der Waals surface area contributed by atoms with Crippen LogP contribution in [-0.2, 0) is 21.4 Å². The summed E-state index contributed by atoms with van der Waals surface area (Å²) in [4.78, 5) is 25.1. The van der Waals surface area contributed by atoms with Gasteiger partial charge in [0, 0.05) is 42.4 Å². The molecule has 4 atom stereocenters. The number of anilines is 1. The number of piperazine rings is 1. The molecule has 0 radical (unpaired) electrons. The zero-order chi connectivity index (χ0) is 25.4. The van der Waals surface area contributed by atoms with Gasteiger partial charge in [-0.05, 0) is 30.9 Å². The lowest BCUT2D eigenvalue weighted by Crippen LogP contribution is -2.60. The van der Waals surface area contributed by atoms with Crippen molar-refractivity contribution in [2.24, 2.45) is 5.92 Å². The molecule has 1 saturated carbocycles. The first-order valence-corrected chi connectivity index (χ1v) is 15.3. The normalized spacial score (nSPS) is 28.7. The number of nitrogens with one attached hydrogen (secondary N) is 2. The van der Waals surface area contributed by atoms with E-state index in [0.717, 1.165) is 30.2 Å². The Kier molecular flexibility index (Phi) is 7.54. The minimum atomic E-state index is -3.45. The third kappa shape index (κ3) is 5.12. The fraction of sp³-hybridized carbons (Fsp3) is 0.640. The Balaban J connectivity index is 1.46. The highest BCUT2D eigenvalue weighted by Gasteiger charge is 2.42. The van der Waals surface area contributed by atoms with Gasteiger partial charge in [0.05, 0.1) is 17.3 Å². The first kappa shape index (κ1) is 25.8. The summed E-state index contributed by atoms with van der Waals surface area (Å²) in [5, 5.41) is 6.97. The number of nitrogens with zero attached hydrogens (tertiary/aromatic N) is 4. The summed E-state index contributed by atoms with van der Waals surface area (Å²) in [6.07, 6.45) is 3.57. The lowest BCUT2D eigenvalue weighted by molar-refractivity contribution is -0.123. The Morgan fingerprint density at radius 1 is 1.11 bits per heavy atom. The maximum absolute atomic E-state index is 13.6. The Bertz CT molecular complexity index is 1230. The third-order valence-corrected chi connectivity index (χ3v) is 11.5. The van der Waals surface area contributed by atoms with Gasteiger partial charge in [0.1, 0.15) is 17.7 Å². The zero-order valence-corrected chi connectivity index (χ0v) is 23.3. The molecule has 3 heterocycles. The topological polar surface area (TPSA) is 108 Å². The summed E-state index contributed by atoms with van der Waals surface area (Å²) < 4.78 is 28.9. The number of hydrogen-bond donors (Lipinski definition) is 2. The molecule has 5 rings (SSSR count). The van der Waals surface area contributed by atoms with Gasteiger partial charge in [-0.1, -0.05) is 54.8 Å². The number of halogens is 1. The van der Waals surface area contributed by atoms with Crippen LogP contribution in [0.3, 0.4) is 0 Å². The number of alkyl halides is 1. The summed E-state index contributed by atoms with van der Waals surface area (Å²) in [6, 6.07) is 7.17. The molecule has 9 nitrogen and oxygen atoms in total. The van der Waals surface area contributed by atoms with Gasteiger partial charge in [0.2, 0.25) is 15.9 Å². The number of para-hydroxylation sites is 1. The highest BCUT2D eigenvalue weighted by atomic mass is 79.9. The number of benzene rings is 1. The second-order valence-corrected chi connectivity index (χ2v) is 13.8.